The topological polar surface area (TPSA) is 82.4 Å². The summed E-state index contributed by atoms with van der Waals surface area (Å²) in [7, 11) is 0. The second-order valence-electron chi connectivity index (χ2n) is 8.35. The van der Waals surface area contributed by atoms with Crippen molar-refractivity contribution in [3.8, 4) is 16.9 Å². The SMILES string of the molecule is Cc1cc2n[nH]c(=O)n2c2cc(-c3cccc(CNC4CCCCC4)c3)c(O)cc12. The van der Waals surface area contributed by atoms with E-state index in [1.807, 2.05) is 31.2 Å². The van der Waals surface area contributed by atoms with Gasteiger partial charge < -0.3 is 10.4 Å². The Morgan fingerprint density at radius 3 is 2.83 bits per heavy atom. The highest BCUT2D eigenvalue weighted by molar-refractivity contribution is 5.92. The monoisotopic (exact) mass is 402 g/mol. The maximum atomic E-state index is 12.3. The van der Waals surface area contributed by atoms with Gasteiger partial charge in [0.25, 0.3) is 0 Å². The Hall–Kier alpha value is -3.12. The van der Waals surface area contributed by atoms with Gasteiger partial charge in [0.1, 0.15) is 5.75 Å². The van der Waals surface area contributed by atoms with Crippen LogP contribution in [-0.4, -0.2) is 25.7 Å². The van der Waals surface area contributed by atoms with Crippen molar-refractivity contribution in [2.75, 3.05) is 0 Å². The number of aryl methyl sites for hydroxylation is 1. The number of aromatic hydroxyl groups is 1. The number of nitrogens with zero attached hydrogens (tertiary/aromatic N) is 2. The zero-order valence-corrected chi connectivity index (χ0v) is 17.1. The Labute approximate surface area is 174 Å². The van der Waals surface area contributed by atoms with Crippen LogP contribution < -0.4 is 11.0 Å². The molecular weight excluding hydrogens is 376 g/mol. The number of aromatic amines is 1. The van der Waals surface area contributed by atoms with E-state index in [9.17, 15) is 9.90 Å². The normalized spacial score (nSPS) is 15.2. The van der Waals surface area contributed by atoms with Crippen molar-refractivity contribution in [1.82, 2.24) is 19.9 Å². The van der Waals surface area contributed by atoms with Crippen molar-refractivity contribution < 1.29 is 5.11 Å². The molecule has 2 aromatic heterocycles. The molecular formula is C24H26N4O2. The van der Waals surface area contributed by atoms with E-state index in [0.717, 1.165) is 28.6 Å². The van der Waals surface area contributed by atoms with Gasteiger partial charge in [-0.1, -0.05) is 37.5 Å². The van der Waals surface area contributed by atoms with Crippen molar-refractivity contribution >= 4 is 16.6 Å². The van der Waals surface area contributed by atoms with Gasteiger partial charge >= 0.3 is 5.69 Å². The van der Waals surface area contributed by atoms with E-state index in [-0.39, 0.29) is 11.4 Å². The number of fused-ring (bicyclic) bond motifs is 3. The Bertz CT molecular complexity index is 1280. The van der Waals surface area contributed by atoms with Gasteiger partial charge in [0.15, 0.2) is 5.65 Å². The molecule has 6 nitrogen and oxygen atoms in total. The van der Waals surface area contributed by atoms with Crippen LogP contribution in [0.25, 0.3) is 27.7 Å². The number of hydrogen-bond donors (Lipinski definition) is 3. The Kier molecular flexibility index (Phi) is 4.79. The summed E-state index contributed by atoms with van der Waals surface area (Å²) in [6.45, 7) is 2.77. The molecule has 3 N–H and O–H groups in total. The van der Waals surface area contributed by atoms with Crippen LogP contribution in [0, 0.1) is 6.92 Å². The lowest BCUT2D eigenvalue weighted by atomic mass is 9.95. The number of benzene rings is 2. The van der Waals surface area contributed by atoms with E-state index in [4.69, 9.17) is 0 Å². The fourth-order valence-electron chi connectivity index (χ4n) is 4.64. The quantitative estimate of drug-likeness (QED) is 0.476. The number of phenolic OH excluding ortho intramolecular Hbond substituents is 1. The molecule has 0 bridgehead atoms. The van der Waals surface area contributed by atoms with Crippen LogP contribution in [0.3, 0.4) is 0 Å². The van der Waals surface area contributed by atoms with Crippen LogP contribution >= 0.6 is 0 Å². The van der Waals surface area contributed by atoms with Gasteiger partial charge in [-0.2, -0.15) is 5.10 Å². The lowest BCUT2D eigenvalue weighted by Gasteiger charge is -2.23. The van der Waals surface area contributed by atoms with E-state index < -0.39 is 0 Å². The Balaban J connectivity index is 1.54. The zero-order chi connectivity index (χ0) is 20.7. The van der Waals surface area contributed by atoms with E-state index in [1.165, 1.54) is 37.7 Å². The van der Waals surface area contributed by atoms with Crippen LogP contribution in [-0.2, 0) is 6.54 Å². The van der Waals surface area contributed by atoms with Crippen molar-refractivity contribution in [1.29, 1.82) is 0 Å². The highest BCUT2D eigenvalue weighted by Gasteiger charge is 2.15. The smallest absolute Gasteiger partial charge is 0.348 e. The molecule has 0 amide bonds. The molecule has 0 unspecified atom stereocenters. The average molecular weight is 402 g/mol. The summed E-state index contributed by atoms with van der Waals surface area (Å²) >= 11 is 0. The van der Waals surface area contributed by atoms with E-state index in [2.05, 4.69) is 27.6 Å². The maximum Gasteiger partial charge on any atom is 0.348 e. The molecule has 4 aromatic rings. The van der Waals surface area contributed by atoms with E-state index >= 15 is 0 Å². The number of H-pyrrole nitrogens is 1. The number of nitrogens with one attached hydrogen (secondary N) is 2. The predicted molar refractivity (Wildman–Crippen MR) is 119 cm³/mol. The number of phenols is 1. The van der Waals surface area contributed by atoms with Gasteiger partial charge in [-0.05, 0) is 60.7 Å². The van der Waals surface area contributed by atoms with Gasteiger partial charge in [-0.3, -0.25) is 0 Å². The molecule has 30 heavy (non-hydrogen) atoms. The van der Waals surface area contributed by atoms with Crippen molar-refractivity contribution in [3.05, 3.63) is 64.1 Å². The number of aromatic nitrogens is 3. The molecule has 0 atom stereocenters. The summed E-state index contributed by atoms with van der Waals surface area (Å²) in [5.74, 6) is 0.207. The largest absolute Gasteiger partial charge is 0.507 e. The first-order chi connectivity index (χ1) is 14.6. The Morgan fingerprint density at radius 2 is 2.00 bits per heavy atom. The molecule has 1 aliphatic carbocycles. The van der Waals surface area contributed by atoms with E-state index in [1.54, 1.807) is 10.5 Å². The third kappa shape index (κ3) is 3.37. The highest BCUT2D eigenvalue weighted by Crippen LogP contribution is 2.35. The minimum Gasteiger partial charge on any atom is -0.507 e. The molecule has 1 saturated carbocycles. The summed E-state index contributed by atoms with van der Waals surface area (Å²) in [6.07, 6.45) is 6.47. The number of rotatable bonds is 4. The van der Waals surface area contributed by atoms with Crippen LogP contribution in [0.4, 0.5) is 0 Å². The van der Waals surface area contributed by atoms with Crippen LogP contribution in [0.1, 0.15) is 43.2 Å². The van der Waals surface area contributed by atoms with Crippen LogP contribution in [0.2, 0.25) is 0 Å². The predicted octanol–water partition coefficient (Wildman–Crippen LogP) is 4.28. The van der Waals surface area contributed by atoms with Crippen molar-refractivity contribution in [2.45, 2.75) is 51.6 Å². The second-order valence-corrected chi connectivity index (χ2v) is 8.35. The third-order valence-electron chi connectivity index (χ3n) is 6.26. The molecule has 2 heterocycles. The molecule has 0 radical (unpaired) electrons. The zero-order valence-electron chi connectivity index (χ0n) is 17.1. The first-order valence-corrected chi connectivity index (χ1v) is 10.7. The Morgan fingerprint density at radius 1 is 1.17 bits per heavy atom. The first-order valence-electron chi connectivity index (χ1n) is 10.7. The lowest BCUT2D eigenvalue weighted by molar-refractivity contribution is 0.372. The van der Waals surface area contributed by atoms with Gasteiger partial charge in [-0.25, -0.2) is 14.3 Å². The molecule has 5 rings (SSSR count). The van der Waals surface area contributed by atoms with Crippen LogP contribution in [0.15, 0.2) is 47.3 Å². The summed E-state index contributed by atoms with van der Waals surface area (Å²) in [4.78, 5) is 12.3. The fraction of sp³-hybridized carbons (Fsp3) is 0.333. The fourth-order valence-corrected chi connectivity index (χ4v) is 4.64. The summed E-state index contributed by atoms with van der Waals surface area (Å²) in [5, 5.41) is 21.9. The molecule has 0 spiro atoms. The minimum absolute atomic E-state index is 0.207. The maximum absolute atomic E-state index is 12.3. The summed E-state index contributed by atoms with van der Waals surface area (Å²) in [6, 6.07) is 14.3. The number of hydrogen-bond acceptors (Lipinski definition) is 4. The van der Waals surface area contributed by atoms with Crippen molar-refractivity contribution in [3.63, 3.8) is 0 Å². The molecule has 154 valence electrons. The molecule has 2 aromatic carbocycles. The summed E-state index contributed by atoms with van der Waals surface area (Å²) < 4.78 is 1.56. The second kappa shape index (κ2) is 7.61. The standard InChI is InChI=1S/C24H26N4O2/c1-15-10-23-26-27-24(30)28(23)21-12-20(22(29)13-19(15)21)17-7-5-6-16(11-17)14-25-18-8-3-2-4-9-18/h5-7,10-13,18,25,29H,2-4,8-9,14H2,1H3,(H,27,30). The third-order valence-corrected chi connectivity index (χ3v) is 6.26. The number of pyridine rings is 1. The van der Waals surface area contributed by atoms with Gasteiger partial charge in [0.05, 0.1) is 5.52 Å². The van der Waals surface area contributed by atoms with Gasteiger partial charge in [0.2, 0.25) is 0 Å². The lowest BCUT2D eigenvalue weighted by Crippen LogP contribution is -2.30. The molecule has 6 heteroatoms. The van der Waals surface area contributed by atoms with Crippen molar-refractivity contribution in [2.24, 2.45) is 0 Å². The molecule has 1 fully saturated rings. The molecule has 0 aliphatic heterocycles. The van der Waals surface area contributed by atoms with Gasteiger partial charge in [-0.15, -0.1) is 0 Å². The minimum atomic E-state index is -0.280. The van der Waals surface area contributed by atoms with Crippen LogP contribution in [0.5, 0.6) is 5.75 Å². The molecule has 1 aliphatic rings. The van der Waals surface area contributed by atoms with E-state index in [0.29, 0.717) is 17.3 Å². The molecule has 0 saturated heterocycles. The highest BCUT2D eigenvalue weighted by atomic mass is 16.3. The summed E-state index contributed by atoms with van der Waals surface area (Å²) in [5.41, 5.74) is 4.83. The first kappa shape index (κ1) is 18.9. The average Bonchev–Trinajstić information content (AvgIpc) is 3.13. The van der Waals surface area contributed by atoms with Gasteiger partial charge in [0, 0.05) is 23.5 Å².